The molecule has 4 heteroatoms. The molecule has 0 aliphatic carbocycles. The minimum Gasteiger partial charge on any atom is -0.383 e. The Morgan fingerprint density at radius 3 is 2.94 bits per heavy atom. The number of aromatic nitrogens is 2. The monoisotopic (exact) mass is 239 g/mol. The molecule has 17 heavy (non-hydrogen) atoms. The second kappa shape index (κ2) is 8.25. The van der Waals surface area contributed by atoms with Crippen LogP contribution >= 0.6 is 0 Å². The van der Waals surface area contributed by atoms with Crippen LogP contribution in [0.25, 0.3) is 0 Å². The SMILES string of the molecule is CCCC(CNCCOC)Cc1ccn(C)n1. The van der Waals surface area contributed by atoms with Crippen LogP contribution in [0, 0.1) is 5.92 Å². The third-order valence-electron chi connectivity index (χ3n) is 2.88. The number of ether oxygens (including phenoxy) is 1. The van der Waals surface area contributed by atoms with Crippen LogP contribution < -0.4 is 5.32 Å². The van der Waals surface area contributed by atoms with Crippen LogP contribution in [-0.2, 0) is 18.2 Å². The van der Waals surface area contributed by atoms with Crippen molar-refractivity contribution in [1.29, 1.82) is 0 Å². The molecular formula is C13H25N3O. The van der Waals surface area contributed by atoms with Gasteiger partial charge in [0.05, 0.1) is 12.3 Å². The Morgan fingerprint density at radius 1 is 1.53 bits per heavy atom. The Kier molecular flexibility index (Phi) is 6.89. The van der Waals surface area contributed by atoms with Crippen molar-refractivity contribution < 1.29 is 4.74 Å². The van der Waals surface area contributed by atoms with Crippen molar-refractivity contribution in [3.05, 3.63) is 18.0 Å². The normalized spacial score (nSPS) is 12.9. The lowest BCUT2D eigenvalue weighted by molar-refractivity contribution is 0.197. The van der Waals surface area contributed by atoms with Crippen LogP contribution in [0.5, 0.6) is 0 Å². The summed E-state index contributed by atoms with van der Waals surface area (Å²) in [6.45, 7) is 5.00. The van der Waals surface area contributed by atoms with Crippen LogP contribution in [0.3, 0.4) is 0 Å². The van der Waals surface area contributed by atoms with Crippen molar-refractivity contribution in [2.75, 3.05) is 26.8 Å². The van der Waals surface area contributed by atoms with E-state index in [9.17, 15) is 0 Å². The van der Waals surface area contributed by atoms with Crippen molar-refractivity contribution in [3.8, 4) is 0 Å². The zero-order valence-corrected chi connectivity index (χ0v) is 11.3. The van der Waals surface area contributed by atoms with Gasteiger partial charge in [-0.15, -0.1) is 0 Å². The standard InChI is InChI=1S/C13H25N3O/c1-4-5-12(11-14-7-9-17-3)10-13-6-8-16(2)15-13/h6,8,12,14H,4-5,7,9-11H2,1-3H3. The van der Waals surface area contributed by atoms with E-state index in [1.54, 1.807) is 7.11 Å². The summed E-state index contributed by atoms with van der Waals surface area (Å²) in [5, 5.41) is 7.88. The van der Waals surface area contributed by atoms with E-state index in [-0.39, 0.29) is 0 Å². The Balaban J connectivity index is 2.32. The molecule has 98 valence electrons. The van der Waals surface area contributed by atoms with Gasteiger partial charge in [0.2, 0.25) is 0 Å². The lowest BCUT2D eigenvalue weighted by Gasteiger charge is -2.15. The maximum Gasteiger partial charge on any atom is 0.0627 e. The first kappa shape index (κ1) is 14.2. The van der Waals surface area contributed by atoms with Gasteiger partial charge in [-0.05, 0) is 31.4 Å². The molecule has 1 unspecified atom stereocenters. The van der Waals surface area contributed by atoms with Gasteiger partial charge in [-0.2, -0.15) is 5.10 Å². The average molecular weight is 239 g/mol. The summed E-state index contributed by atoms with van der Waals surface area (Å²) in [4.78, 5) is 0. The van der Waals surface area contributed by atoms with Gasteiger partial charge in [0.1, 0.15) is 0 Å². The summed E-state index contributed by atoms with van der Waals surface area (Å²) >= 11 is 0. The fraction of sp³-hybridized carbons (Fsp3) is 0.769. The highest BCUT2D eigenvalue weighted by Crippen LogP contribution is 2.11. The van der Waals surface area contributed by atoms with Gasteiger partial charge in [-0.1, -0.05) is 13.3 Å². The van der Waals surface area contributed by atoms with Gasteiger partial charge in [0.25, 0.3) is 0 Å². The molecule has 1 rings (SSSR count). The predicted molar refractivity (Wildman–Crippen MR) is 70.1 cm³/mol. The maximum absolute atomic E-state index is 5.03. The molecule has 1 aromatic heterocycles. The summed E-state index contributed by atoms with van der Waals surface area (Å²) < 4.78 is 6.90. The summed E-state index contributed by atoms with van der Waals surface area (Å²) in [5.74, 6) is 0.673. The quantitative estimate of drug-likeness (QED) is 0.666. The Morgan fingerprint density at radius 2 is 2.35 bits per heavy atom. The number of nitrogens with zero attached hydrogens (tertiary/aromatic N) is 2. The second-order valence-electron chi connectivity index (χ2n) is 4.54. The number of rotatable bonds is 9. The summed E-state index contributed by atoms with van der Waals surface area (Å²) in [5.41, 5.74) is 1.19. The zero-order valence-electron chi connectivity index (χ0n) is 11.3. The third-order valence-corrected chi connectivity index (χ3v) is 2.88. The molecule has 0 aromatic carbocycles. The minimum atomic E-state index is 0.673. The average Bonchev–Trinajstić information content (AvgIpc) is 2.70. The molecule has 0 spiro atoms. The second-order valence-corrected chi connectivity index (χ2v) is 4.54. The first-order valence-corrected chi connectivity index (χ1v) is 6.44. The van der Waals surface area contributed by atoms with E-state index in [1.165, 1.54) is 18.5 Å². The van der Waals surface area contributed by atoms with Crippen molar-refractivity contribution in [1.82, 2.24) is 15.1 Å². The Labute approximate surface area is 104 Å². The minimum absolute atomic E-state index is 0.673. The van der Waals surface area contributed by atoms with Crippen molar-refractivity contribution in [2.45, 2.75) is 26.2 Å². The highest BCUT2D eigenvalue weighted by atomic mass is 16.5. The van der Waals surface area contributed by atoms with E-state index < -0.39 is 0 Å². The maximum atomic E-state index is 5.03. The smallest absolute Gasteiger partial charge is 0.0627 e. The van der Waals surface area contributed by atoms with Crippen LogP contribution in [0.15, 0.2) is 12.3 Å². The predicted octanol–water partition coefficient (Wildman–Crippen LogP) is 1.61. The highest BCUT2D eigenvalue weighted by Gasteiger charge is 2.10. The fourth-order valence-corrected chi connectivity index (χ4v) is 2.03. The van der Waals surface area contributed by atoms with Gasteiger partial charge in [0.15, 0.2) is 0 Å². The van der Waals surface area contributed by atoms with Crippen molar-refractivity contribution in [2.24, 2.45) is 13.0 Å². The molecule has 0 saturated carbocycles. The van der Waals surface area contributed by atoms with E-state index in [4.69, 9.17) is 4.74 Å². The van der Waals surface area contributed by atoms with E-state index in [1.807, 2.05) is 17.9 Å². The first-order chi connectivity index (χ1) is 8.26. The first-order valence-electron chi connectivity index (χ1n) is 6.44. The fourth-order valence-electron chi connectivity index (χ4n) is 2.03. The van der Waals surface area contributed by atoms with Gasteiger partial charge < -0.3 is 10.1 Å². The van der Waals surface area contributed by atoms with Crippen LogP contribution in [0.1, 0.15) is 25.5 Å². The number of hydrogen-bond acceptors (Lipinski definition) is 3. The Hall–Kier alpha value is -0.870. The van der Waals surface area contributed by atoms with E-state index in [2.05, 4.69) is 23.4 Å². The molecule has 0 aliphatic heterocycles. The van der Waals surface area contributed by atoms with Gasteiger partial charge in [-0.3, -0.25) is 4.68 Å². The van der Waals surface area contributed by atoms with Gasteiger partial charge in [-0.25, -0.2) is 0 Å². The molecule has 4 nitrogen and oxygen atoms in total. The van der Waals surface area contributed by atoms with E-state index in [0.29, 0.717) is 5.92 Å². The molecule has 0 saturated heterocycles. The van der Waals surface area contributed by atoms with Crippen LogP contribution in [-0.4, -0.2) is 36.6 Å². The summed E-state index contributed by atoms with van der Waals surface area (Å²) in [7, 11) is 3.70. The summed E-state index contributed by atoms with van der Waals surface area (Å²) in [6.07, 6.45) is 5.55. The van der Waals surface area contributed by atoms with Crippen LogP contribution in [0.4, 0.5) is 0 Å². The molecule has 0 fully saturated rings. The molecule has 0 aliphatic rings. The van der Waals surface area contributed by atoms with Crippen LogP contribution in [0.2, 0.25) is 0 Å². The largest absolute Gasteiger partial charge is 0.383 e. The number of methoxy groups -OCH3 is 1. The number of hydrogen-bond donors (Lipinski definition) is 1. The van der Waals surface area contributed by atoms with Gasteiger partial charge in [0, 0.05) is 26.9 Å². The number of nitrogens with one attached hydrogen (secondary N) is 1. The number of aryl methyl sites for hydroxylation is 1. The lowest BCUT2D eigenvalue weighted by atomic mass is 9.98. The van der Waals surface area contributed by atoms with E-state index >= 15 is 0 Å². The lowest BCUT2D eigenvalue weighted by Crippen LogP contribution is -2.27. The Bertz CT molecular complexity index is 299. The molecule has 1 N–H and O–H groups in total. The molecule has 0 amide bonds. The topological polar surface area (TPSA) is 39.1 Å². The van der Waals surface area contributed by atoms with Crippen molar-refractivity contribution >= 4 is 0 Å². The molecule has 1 atom stereocenters. The molecule has 0 radical (unpaired) electrons. The molecule has 0 bridgehead atoms. The van der Waals surface area contributed by atoms with Crippen molar-refractivity contribution in [3.63, 3.8) is 0 Å². The third kappa shape index (κ3) is 5.84. The summed E-state index contributed by atoms with van der Waals surface area (Å²) in [6, 6.07) is 2.11. The molecular weight excluding hydrogens is 214 g/mol. The van der Waals surface area contributed by atoms with Gasteiger partial charge >= 0.3 is 0 Å². The highest BCUT2D eigenvalue weighted by molar-refractivity contribution is 5.00. The zero-order chi connectivity index (χ0) is 12.5. The van der Waals surface area contributed by atoms with E-state index in [0.717, 1.165) is 26.1 Å². The molecule has 1 heterocycles. The molecule has 1 aromatic rings.